The fraction of sp³-hybridized carbons (Fsp3) is 0.389. The van der Waals surface area contributed by atoms with Crippen LogP contribution in [-0.4, -0.2) is 67.4 Å². The number of benzene rings is 3. The quantitative estimate of drug-likeness (QED) is 0.169. The number of nitrogens with one attached hydrogen (secondary N) is 1. The van der Waals surface area contributed by atoms with Crippen molar-refractivity contribution in [2.75, 3.05) is 43.6 Å². The smallest absolute Gasteiger partial charge is 0.429 e. The van der Waals surface area contributed by atoms with Crippen LogP contribution in [0.3, 0.4) is 0 Å². The van der Waals surface area contributed by atoms with Crippen LogP contribution in [0.1, 0.15) is 66.4 Å². The third kappa shape index (κ3) is 9.25. The zero-order valence-corrected chi connectivity index (χ0v) is 26.6. The lowest BCUT2D eigenvalue weighted by atomic mass is 10.0. The molecule has 0 atom stereocenters. The Kier molecular flexibility index (Phi) is 12.3. The van der Waals surface area contributed by atoms with Gasteiger partial charge in [-0.3, -0.25) is 14.4 Å². The number of hydrogen-bond donors (Lipinski definition) is 1. The van der Waals surface area contributed by atoms with Gasteiger partial charge in [-0.2, -0.15) is 0 Å². The molecule has 1 N–H and O–H groups in total. The van der Waals surface area contributed by atoms with Crippen molar-refractivity contribution in [3.63, 3.8) is 0 Å². The molecule has 3 amide bonds. The Bertz CT molecular complexity index is 1470. The van der Waals surface area contributed by atoms with Gasteiger partial charge in [0.25, 0.3) is 0 Å². The van der Waals surface area contributed by atoms with Crippen molar-refractivity contribution in [2.24, 2.45) is 0 Å². The van der Waals surface area contributed by atoms with Crippen molar-refractivity contribution < 1.29 is 23.9 Å². The molecule has 0 unspecified atom stereocenters. The van der Waals surface area contributed by atoms with E-state index in [0.717, 1.165) is 66.6 Å². The first-order valence-corrected chi connectivity index (χ1v) is 15.7. The van der Waals surface area contributed by atoms with E-state index >= 15 is 0 Å². The molecule has 1 aliphatic heterocycles. The van der Waals surface area contributed by atoms with E-state index in [1.165, 1.54) is 0 Å². The van der Waals surface area contributed by atoms with Crippen molar-refractivity contribution in [3.05, 3.63) is 83.4 Å². The second-order valence-corrected chi connectivity index (χ2v) is 11.5. The monoisotopic (exact) mass is 612 g/mol. The lowest BCUT2D eigenvalue weighted by Crippen LogP contribution is -2.49. The van der Waals surface area contributed by atoms with E-state index in [-0.39, 0.29) is 24.8 Å². The summed E-state index contributed by atoms with van der Waals surface area (Å²) in [4.78, 5) is 51.6. The number of para-hydroxylation sites is 1. The summed E-state index contributed by atoms with van der Waals surface area (Å²) >= 11 is 0. The number of anilines is 2. The first kappa shape index (κ1) is 33.4. The normalized spacial score (nSPS) is 13.1. The van der Waals surface area contributed by atoms with Crippen molar-refractivity contribution in [3.8, 4) is 11.1 Å². The predicted molar refractivity (Wildman–Crippen MR) is 177 cm³/mol. The van der Waals surface area contributed by atoms with Crippen LogP contribution in [0.2, 0.25) is 0 Å². The highest BCUT2D eigenvalue weighted by atomic mass is 16.6. The number of nitrogens with zero attached hydrogens (tertiary/aromatic N) is 3. The summed E-state index contributed by atoms with van der Waals surface area (Å²) in [6.07, 6.45) is 5.12. The van der Waals surface area contributed by atoms with Crippen LogP contribution in [0, 0.1) is 13.8 Å². The van der Waals surface area contributed by atoms with Gasteiger partial charge < -0.3 is 15.0 Å². The van der Waals surface area contributed by atoms with Crippen molar-refractivity contribution in [1.82, 2.24) is 9.91 Å². The van der Waals surface area contributed by atoms with Crippen LogP contribution < -0.4 is 10.3 Å². The molecule has 1 heterocycles. The van der Waals surface area contributed by atoms with Crippen LogP contribution in [-0.2, 0) is 14.3 Å². The van der Waals surface area contributed by atoms with Gasteiger partial charge in [-0.05, 0) is 74.4 Å². The molecule has 0 saturated carbocycles. The van der Waals surface area contributed by atoms with Crippen LogP contribution in [0.4, 0.5) is 16.2 Å². The molecule has 238 valence electrons. The summed E-state index contributed by atoms with van der Waals surface area (Å²) < 4.78 is 5.70. The first-order valence-electron chi connectivity index (χ1n) is 15.7. The number of rotatable bonds is 13. The molecule has 3 aromatic carbocycles. The number of unbranched alkanes of at least 4 members (excludes halogenated alkanes) is 1. The molecular formula is C36H44N4O5. The van der Waals surface area contributed by atoms with E-state index in [1.54, 1.807) is 23.0 Å². The van der Waals surface area contributed by atoms with E-state index in [2.05, 4.69) is 5.32 Å². The summed E-state index contributed by atoms with van der Waals surface area (Å²) in [7, 11) is 1.72. The fourth-order valence-corrected chi connectivity index (χ4v) is 5.51. The number of piperidine rings is 1. The topological polar surface area (TPSA) is 99.3 Å². The highest BCUT2D eigenvalue weighted by Crippen LogP contribution is 2.33. The van der Waals surface area contributed by atoms with E-state index < -0.39 is 6.09 Å². The van der Waals surface area contributed by atoms with Gasteiger partial charge in [0.1, 0.15) is 12.9 Å². The number of carbonyl (C=O) groups excluding carboxylic acids is 4. The van der Waals surface area contributed by atoms with Crippen LogP contribution in [0.15, 0.2) is 66.7 Å². The lowest BCUT2D eigenvalue weighted by Gasteiger charge is -2.37. The first-order chi connectivity index (χ1) is 21.8. The summed E-state index contributed by atoms with van der Waals surface area (Å²) in [5.41, 5.74) is 5.66. The van der Waals surface area contributed by atoms with Gasteiger partial charge in [-0.15, -0.1) is 0 Å². The second kappa shape index (κ2) is 16.5. The van der Waals surface area contributed by atoms with Crippen LogP contribution in [0.5, 0.6) is 0 Å². The Morgan fingerprint density at radius 3 is 2.33 bits per heavy atom. The minimum atomic E-state index is -0.493. The van der Waals surface area contributed by atoms with E-state index in [4.69, 9.17) is 4.74 Å². The highest BCUT2D eigenvalue weighted by Gasteiger charge is 2.28. The van der Waals surface area contributed by atoms with Crippen molar-refractivity contribution in [1.29, 1.82) is 0 Å². The molecule has 1 aliphatic rings. The number of aldehydes is 1. The predicted octanol–water partition coefficient (Wildman–Crippen LogP) is 6.78. The molecule has 45 heavy (non-hydrogen) atoms. The van der Waals surface area contributed by atoms with Gasteiger partial charge in [0.15, 0.2) is 0 Å². The van der Waals surface area contributed by atoms with E-state index in [1.807, 2.05) is 79.5 Å². The second-order valence-electron chi connectivity index (χ2n) is 11.5. The molecule has 4 rings (SSSR count). The third-order valence-corrected chi connectivity index (χ3v) is 8.13. The number of aryl methyl sites for hydroxylation is 2. The minimum absolute atomic E-state index is 0.0239. The molecule has 0 bridgehead atoms. The summed E-state index contributed by atoms with van der Waals surface area (Å²) in [6.45, 7) is 5.67. The maximum absolute atomic E-state index is 13.5. The Labute approximate surface area is 266 Å². The zero-order valence-electron chi connectivity index (χ0n) is 26.6. The SMILES string of the molecule is Cc1cc(NC(=O)CCCCN(C)C(=O)CCOC(=O)N(c2ccccc2-c2ccccc2)N2CCCCC2)c(C)cc1C=O. The van der Waals surface area contributed by atoms with E-state index in [0.29, 0.717) is 37.1 Å². The van der Waals surface area contributed by atoms with Crippen molar-refractivity contribution >= 4 is 35.6 Å². The van der Waals surface area contributed by atoms with Gasteiger partial charge in [0.05, 0.1) is 12.1 Å². The molecule has 0 aromatic heterocycles. The molecule has 0 spiro atoms. The maximum Gasteiger partial charge on any atom is 0.429 e. The maximum atomic E-state index is 13.5. The Morgan fingerprint density at radius 2 is 1.60 bits per heavy atom. The fourth-order valence-electron chi connectivity index (χ4n) is 5.51. The lowest BCUT2D eigenvalue weighted by molar-refractivity contribution is -0.130. The Balaban J connectivity index is 1.25. The molecule has 1 fully saturated rings. The summed E-state index contributed by atoms with van der Waals surface area (Å²) in [5.74, 6) is -0.229. The van der Waals surface area contributed by atoms with Crippen LogP contribution in [0.25, 0.3) is 11.1 Å². The molecule has 9 nitrogen and oxygen atoms in total. The largest absolute Gasteiger partial charge is 0.448 e. The summed E-state index contributed by atoms with van der Waals surface area (Å²) in [5, 5.41) is 6.60. The number of amides is 3. The number of hydrazine groups is 1. The number of hydrogen-bond acceptors (Lipinski definition) is 6. The molecular weight excluding hydrogens is 568 g/mol. The molecule has 0 radical (unpaired) electrons. The number of carbonyl (C=O) groups is 4. The summed E-state index contributed by atoms with van der Waals surface area (Å²) in [6, 6.07) is 21.4. The van der Waals surface area contributed by atoms with Crippen molar-refractivity contribution in [2.45, 2.75) is 58.8 Å². The average molecular weight is 613 g/mol. The van der Waals surface area contributed by atoms with Gasteiger partial charge >= 0.3 is 6.09 Å². The molecule has 9 heteroatoms. The third-order valence-electron chi connectivity index (χ3n) is 8.13. The Hall–Kier alpha value is -4.50. The average Bonchev–Trinajstić information content (AvgIpc) is 3.05. The molecule has 1 saturated heterocycles. The van der Waals surface area contributed by atoms with Gasteiger partial charge in [-0.1, -0.05) is 55.0 Å². The van der Waals surface area contributed by atoms with Gasteiger partial charge in [-0.25, -0.2) is 14.8 Å². The standard InChI is InChI=1S/C36H44N4O5/c1-27-25-32(28(2)24-30(27)26-41)37-34(42)18-10-13-20-38(3)35(43)19-23-45-36(44)40(39-21-11-5-12-22-39)33-17-9-8-16-31(33)29-14-6-4-7-15-29/h4,6-9,14-17,24-26H,5,10-13,18-23H2,1-3H3,(H,37,42). The van der Waals surface area contributed by atoms with Crippen LogP contribution >= 0.6 is 0 Å². The minimum Gasteiger partial charge on any atom is -0.448 e. The van der Waals surface area contributed by atoms with Gasteiger partial charge in [0, 0.05) is 49.9 Å². The number of ether oxygens (including phenoxy) is 1. The van der Waals surface area contributed by atoms with Gasteiger partial charge in [0.2, 0.25) is 11.8 Å². The molecule has 3 aromatic rings. The Morgan fingerprint density at radius 1 is 0.889 bits per heavy atom. The molecule has 0 aliphatic carbocycles. The van der Waals surface area contributed by atoms with E-state index in [9.17, 15) is 19.2 Å². The highest BCUT2D eigenvalue weighted by molar-refractivity contribution is 5.94. The zero-order chi connectivity index (χ0) is 32.2.